The van der Waals surface area contributed by atoms with Gasteiger partial charge in [-0.25, -0.2) is 8.78 Å². The number of nitrogens with two attached hydrogens (primary N) is 1. The SMILES string of the molecule is Cc1ccc(Cl)c2c(C(N)=O)n(CC3CCC(F)(F)C3)nc12. The molecular weight excluding hydrogens is 312 g/mol. The summed E-state index contributed by atoms with van der Waals surface area (Å²) in [4.78, 5) is 11.8. The number of benzene rings is 1. The van der Waals surface area contributed by atoms with E-state index in [9.17, 15) is 13.6 Å². The Morgan fingerprint density at radius 1 is 1.55 bits per heavy atom. The summed E-state index contributed by atoms with van der Waals surface area (Å²) in [5, 5.41) is 5.28. The van der Waals surface area contributed by atoms with E-state index in [0.717, 1.165) is 5.56 Å². The number of hydrogen-bond acceptors (Lipinski definition) is 2. The standard InChI is InChI=1S/C15H16ClF2N3O/c1-8-2-3-10(16)11-12(8)20-21(13(11)14(19)22)7-9-4-5-15(17,18)6-9/h2-3,9H,4-7H2,1H3,(H2,19,22). The minimum atomic E-state index is -2.63. The topological polar surface area (TPSA) is 60.9 Å². The van der Waals surface area contributed by atoms with E-state index in [0.29, 0.717) is 22.3 Å². The molecule has 0 spiro atoms. The van der Waals surface area contributed by atoms with Crippen molar-refractivity contribution >= 4 is 28.4 Å². The highest BCUT2D eigenvalue weighted by atomic mass is 35.5. The van der Waals surface area contributed by atoms with Gasteiger partial charge in [-0.15, -0.1) is 0 Å². The van der Waals surface area contributed by atoms with Crippen LogP contribution in [-0.4, -0.2) is 21.6 Å². The molecule has 22 heavy (non-hydrogen) atoms. The first-order chi connectivity index (χ1) is 10.3. The summed E-state index contributed by atoms with van der Waals surface area (Å²) in [6, 6.07) is 3.48. The van der Waals surface area contributed by atoms with Gasteiger partial charge in [-0.05, 0) is 30.9 Å². The van der Waals surface area contributed by atoms with Crippen molar-refractivity contribution in [3.8, 4) is 0 Å². The molecule has 1 unspecified atom stereocenters. The molecule has 7 heteroatoms. The van der Waals surface area contributed by atoms with E-state index in [1.54, 1.807) is 12.1 Å². The molecule has 2 N–H and O–H groups in total. The lowest BCUT2D eigenvalue weighted by Gasteiger charge is -2.12. The van der Waals surface area contributed by atoms with Crippen molar-refractivity contribution in [2.24, 2.45) is 11.7 Å². The number of amides is 1. The fraction of sp³-hybridized carbons (Fsp3) is 0.467. The van der Waals surface area contributed by atoms with Crippen LogP contribution in [0.3, 0.4) is 0 Å². The number of carbonyl (C=O) groups is 1. The molecule has 118 valence electrons. The quantitative estimate of drug-likeness (QED) is 0.937. The van der Waals surface area contributed by atoms with Gasteiger partial charge >= 0.3 is 0 Å². The lowest BCUT2D eigenvalue weighted by Crippen LogP contribution is -2.21. The maximum Gasteiger partial charge on any atom is 0.267 e. The molecule has 0 saturated heterocycles. The Kier molecular flexibility index (Phi) is 3.59. The monoisotopic (exact) mass is 327 g/mol. The second-order valence-corrected chi connectivity index (χ2v) is 6.35. The largest absolute Gasteiger partial charge is 0.364 e. The van der Waals surface area contributed by atoms with Crippen LogP contribution in [0.15, 0.2) is 12.1 Å². The molecule has 3 rings (SSSR count). The third kappa shape index (κ3) is 2.56. The second-order valence-electron chi connectivity index (χ2n) is 5.95. The molecule has 2 aromatic rings. The molecule has 1 heterocycles. The first-order valence-corrected chi connectivity index (χ1v) is 7.49. The van der Waals surface area contributed by atoms with Crippen LogP contribution in [0.5, 0.6) is 0 Å². The van der Waals surface area contributed by atoms with Crippen molar-refractivity contribution < 1.29 is 13.6 Å². The number of fused-ring (bicyclic) bond motifs is 1. The number of carbonyl (C=O) groups excluding carboxylic acids is 1. The predicted molar refractivity (Wildman–Crippen MR) is 80.3 cm³/mol. The summed E-state index contributed by atoms with van der Waals surface area (Å²) in [6.07, 6.45) is 0.104. The van der Waals surface area contributed by atoms with Gasteiger partial charge in [0.25, 0.3) is 5.91 Å². The van der Waals surface area contributed by atoms with Gasteiger partial charge in [0.2, 0.25) is 5.92 Å². The number of aromatic nitrogens is 2. The van der Waals surface area contributed by atoms with Crippen molar-refractivity contribution in [3.63, 3.8) is 0 Å². The van der Waals surface area contributed by atoms with E-state index in [2.05, 4.69) is 5.10 Å². The number of nitrogens with zero attached hydrogens (tertiary/aromatic N) is 2. The van der Waals surface area contributed by atoms with Gasteiger partial charge in [-0.2, -0.15) is 5.10 Å². The maximum atomic E-state index is 13.3. The summed E-state index contributed by atoms with van der Waals surface area (Å²) < 4.78 is 28.1. The highest BCUT2D eigenvalue weighted by Gasteiger charge is 2.40. The first-order valence-electron chi connectivity index (χ1n) is 7.12. The maximum absolute atomic E-state index is 13.3. The molecule has 1 fully saturated rings. The van der Waals surface area contributed by atoms with Gasteiger partial charge in [0.1, 0.15) is 5.69 Å². The van der Waals surface area contributed by atoms with Crippen LogP contribution in [0, 0.1) is 12.8 Å². The zero-order chi connectivity index (χ0) is 16.1. The number of alkyl halides is 2. The zero-order valence-electron chi connectivity index (χ0n) is 12.1. The Labute approximate surface area is 131 Å². The van der Waals surface area contributed by atoms with E-state index in [1.807, 2.05) is 6.92 Å². The highest BCUT2D eigenvalue weighted by molar-refractivity contribution is 6.36. The van der Waals surface area contributed by atoms with E-state index < -0.39 is 11.8 Å². The van der Waals surface area contributed by atoms with Crippen LogP contribution >= 0.6 is 11.6 Å². The summed E-state index contributed by atoms with van der Waals surface area (Å²) in [5.41, 5.74) is 7.11. The zero-order valence-corrected chi connectivity index (χ0v) is 12.8. The molecular formula is C15H16ClF2N3O. The second kappa shape index (κ2) is 5.19. The lowest BCUT2D eigenvalue weighted by molar-refractivity contribution is 0.00422. The van der Waals surface area contributed by atoms with Crippen molar-refractivity contribution in [2.45, 2.75) is 38.7 Å². The van der Waals surface area contributed by atoms with Crippen LogP contribution in [0.25, 0.3) is 10.9 Å². The number of hydrogen-bond donors (Lipinski definition) is 1. The summed E-state index contributed by atoms with van der Waals surface area (Å²) in [6.45, 7) is 2.10. The number of rotatable bonds is 3. The third-order valence-corrected chi connectivity index (χ3v) is 4.53. The molecule has 1 atom stereocenters. The van der Waals surface area contributed by atoms with Crippen molar-refractivity contribution in [1.29, 1.82) is 0 Å². The van der Waals surface area contributed by atoms with E-state index in [4.69, 9.17) is 17.3 Å². The highest BCUT2D eigenvalue weighted by Crippen LogP contribution is 2.40. The van der Waals surface area contributed by atoms with Crippen LogP contribution in [0.4, 0.5) is 8.78 Å². The van der Waals surface area contributed by atoms with Crippen molar-refractivity contribution in [3.05, 3.63) is 28.4 Å². The van der Waals surface area contributed by atoms with Crippen molar-refractivity contribution in [2.75, 3.05) is 0 Å². The van der Waals surface area contributed by atoms with Crippen LogP contribution in [-0.2, 0) is 6.54 Å². The normalized spacial score (nSPS) is 20.6. The molecule has 1 amide bonds. The Morgan fingerprint density at radius 2 is 2.27 bits per heavy atom. The Balaban J connectivity index is 2.06. The molecule has 1 aromatic carbocycles. The van der Waals surface area contributed by atoms with Crippen molar-refractivity contribution in [1.82, 2.24) is 9.78 Å². The van der Waals surface area contributed by atoms with Gasteiger partial charge in [0.05, 0.1) is 15.9 Å². The van der Waals surface area contributed by atoms with Crippen LogP contribution in [0.1, 0.15) is 35.3 Å². The molecule has 0 bridgehead atoms. The number of aryl methyl sites for hydroxylation is 1. The summed E-state index contributed by atoms with van der Waals surface area (Å²) in [5.74, 6) is -3.50. The van der Waals surface area contributed by atoms with Gasteiger partial charge in [-0.1, -0.05) is 17.7 Å². The first kappa shape index (κ1) is 15.2. The molecule has 0 radical (unpaired) electrons. The smallest absolute Gasteiger partial charge is 0.267 e. The minimum absolute atomic E-state index is 0.121. The molecule has 1 aliphatic carbocycles. The van der Waals surface area contributed by atoms with Crippen LogP contribution < -0.4 is 5.73 Å². The average Bonchev–Trinajstić information content (AvgIpc) is 2.95. The third-order valence-electron chi connectivity index (χ3n) is 4.21. The molecule has 1 aliphatic rings. The van der Waals surface area contributed by atoms with Gasteiger partial charge < -0.3 is 5.73 Å². The van der Waals surface area contributed by atoms with Gasteiger partial charge in [-0.3, -0.25) is 9.48 Å². The fourth-order valence-electron chi connectivity index (χ4n) is 3.15. The Morgan fingerprint density at radius 3 is 2.86 bits per heavy atom. The Bertz CT molecular complexity index is 757. The minimum Gasteiger partial charge on any atom is -0.364 e. The number of primary amides is 1. The lowest BCUT2D eigenvalue weighted by atomic mass is 10.1. The average molecular weight is 328 g/mol. The van der Waals surface area contributed by atoms with E-state index >= 15 is 0 Å². The van der Waals surface area contributed by atoms with Gasteiger partial charge in [0.15, 0.2) is 0 Å². The summed E-state index contributed by atoms with van der Waals surface area (Å²) in [7, 11) is 0. The molecule has 4 nitrogen and oxygen atoms in total. The van der Waals surface area contributed by atoms with E-state index in [-0.39, 0.29) is 31.0 Å². The van der Waals surface area contributed by atoms with Gasteiger partial charge in [0, 0.05) is 19.4 Å². The van der Waals surface area contributed by atoms with E-state index in [1.165, 1.54) is 4.68 Å². The molecule has 0 aliphatic heterocycles. The molecule has 1 aromatic heterocycles. The predicted octanol–water partition coefficient (Wildman–Crippen LogP) is 3.53. The summed E-state index contributed by atoms with van der Waals surface area (Å²) >= 11 is 6.17. The number of halogens is 3. The van der Waals surface area contributed by atoms with Crippen LogP contribution in [0.2, 0.25) is 5.02 Å². The molecule has 1 saturated carbocycles. The fourth-order valence-corrected chi connectivity index (χ4v) is 3.39. The Hall–Kier alpha value is -1.69.